The van der Waals surface area contributed by atoms with E-state index in [1.807, 2.05) is 12.1 Å². The summed E-state index contributed by atoms with van der Waals surface area (Å²) >= 11 is 1.60. The Balaban J connectivity index is 0.000000515. The highest BCUT2D eigenvalue weighted by atomic mass is 32.1. The van der Waals surface area contributed by atoms with Crippen LogP contribution in [0.2, 0.25) is 0 Å². The van der Waals surface area contributed by atoms with E-state index in [9.17, 15) is 22.5 Å². The van der Waals surface area contributed by atoms with Gasteiger partial charge in [0.1, 0.15) is 11.2 Å². The fourth-order valence-corrected chi connectivity index (χ4v) is 4.18. The van der Waals surface area contributed by atoms with E-state index in [1.54, 1.807) is 41.7 Å². The summed E-state index contributed by atoms with van der Waals surface area (Å²) in [5.41, 5.74) is 2.41. The van der Waals surface area contributed by atoms with Crippen molar-refractivity contribution in [3.8, 4) is 0 Å². The number of ketones is 2. The van der Waals surface area contributed by atoms with Gasteiger partial charge in [-0.25, -0.2) is 0 Å². The molecule has 0 radical (unpaired) electrons. The van der Waals surface area contributed by atoms with Crippen LogP contribution in [0.25, 0.3) is 16.3 Å². The Morgan fingerprint density at radius 1 is 0.964 bits per heavy atom. The number of para-hydroxylation sites is 1. The second-order valence-corrected chi connectivity index (χ2v) is 6.72. The first kappa shape index (κ1) is 21.5. The van der Waals surface area contributed by atoms with Crippen LogP contribution in [0.1, 0.15) is 32.6 Å². The fraction of sp³-hybridized carbons (Fsp3) is 0.105. The molecule has 28 heavy (non-hydrogen) atoms. The van der Waals surface area contributed by atoms with Crippen molar-refractivity contribution in [1.29, 1.82) is 0 Å². The third kappa shape index (κ3) is 4.04. The number of thiazole rings is 1. The number of nitrogens with zero attached hydrogens (tertiary/aromatic N) is 1. The summed E-state index contributed by atoms with van der Waals surface area (Å²) in [6, 6.07) is 15.1. The molecule has 0 N–H and O–H groups in total. The minimum absolute atomic E-state index is 0. The minimum atomic E-state index is -3.67. The molecule has 0 atom stereocenters. The number of hydrogen-bond acceptors (Lipinski definition) is 3. The van der Waals surface area contributed by atoms with Crippen molar-refractivity contribution in [3.63, 3.8) is 0 Å². The third-order valence-corrected chi connectivity index (χ3v) is 5.24. The lowest BCUT2D eigenvalue weighted by Crippen LogP contribution is -3.00. The number of rotatable bonds is 2. The lowest BCUT2D eigenvalue weighted by molar-refractivity contribution is -0.665. The molecule has 3 nitrogen and oxygen atoms in total. The molecular formula is C19H14BF4NO2S. The van der Waals surface area contributed by atoms with Crippen LogP contribution >= 0.6 is 11.3 Å². The topological polar surface area (TPSA) is 38.0 Å². The van der Waals surface area contributed by atoms with Gasteiger partial charge < -0.3 is 4.70 Å². The summed E-state index contributed by atoms with van der Waals surface area (Å²) in [5, 5.41) is 0.929. The van der Waals surface area contributed by atoms with Gasteiger partial charge in [0.05, 0.1) is 5.57 Å². The van der Waals surface area contributed by atoms with Crippen LogP contribution in [0.4, 0.5) is 12.9 Å². The van der Waals surface area contributed by atoms with E-state index >= 15 is 0 Å². The predicted molar refractivity (Wildman–Crippen MR) is 99.9 cm³/mol. The smallest absolute Gasteiger partial charge is 0.762 e. The Morgan fingerprint density at radius 2 is 1.46 bits per heavy atom. The van der Waals surface area contributed by atoms with E-state index in [0.29, 0.717) is 11.1 Å². The van der Waals surface area contributed by atoms with Crippen LogP contribution in [-0.4, -0.2) is 19.1 Å². The molecule has 0 saturated heterocycles. The van der Waals surface area contributed by atoms with Crippen LogP contribution in [0.5, 0.6) is 0 Å². The maximum atomic E-state index is 12.5. The Kier molecular flexibility index (Phi) is 6.85. The normalized spacial score (nSPS) is 12.2. The lowest BCUT2D eigenvalue weighted by atomic mass is 10.1. The number of allylic oxidation sites excluding steroid dienone is 1. The Bertz CT molecular complexity index is 1030. The summed E-state index contributed by atoms with van der Waals surface area (Å²) < 4.78 is 32.3. The number of carbonyl (C=O) groups is 2. The molecule has 1 aromatic heterocycles. The maximum absolute atomic E-state index is 12.5. The van der Waals surface area contributed by atoms with E-state index in [0.717, 1.165) is 21.8 Å². The number of aromatic nitrogens is 1. The van der Waals surface area contributed by atoms with Gasteiger partial charge in [-0.1, -0.05) is 47.7 Å². The average molecular weight is 407 g/mol. The largest absolute Gasteiger partial charge is 1.00 e. The number of fused-ring (bicyclic) bond motifs is 2. The summed E-state index contributed by atoms with van der Waals surface area (Å²) in [5.74, 6) is -0.351. The Labute approximate surface area is 162 Å². The highest BCUT2D eigenvalue weighted by Gasteiger charge is 2.34. The van der Waals surface area contributed by atoms with Gasteiger partial charge in [0.2, 0.25) is 5.52 Å². The van der Waals surface area contributed by atoms with Crippen molar-refractivity contribution in [1.82, 2.24) is 0 Å². The molecule has 0 unspecified atom stereocenters. The molecule has 0 fully saturated rings. The second-order valence-electron chi connectivity index (χ2n) is 5.66. The van der Waals surface area contributed by atoms with E-state index in [4.69, 9.17) is 0 Å². The molecule has 0 saturated carbocycles. The quantitative estimate of drug-likeness (QED) is 0.213. The Morgan fingerprint density at radius 3 is 2.00 bits per heavy atom. The van der Waals surface area contributed by atoms with E-state index < -0.39 is 7.54 Å². The zero-order chi connectivity index (χ0) is 19.6. The average Bonchev–Trinajstić information content (AvgIpc) is 3.12. The first-order valence-corrected chi connectivity index (χ1v) is 8.99. The molecule has 4 rings (SSSR count). The highest BCUT2D eigenvalue weighted by molar-refractivity contribution is 7.18. The van der Waals surface area contributed by atoms with Crippen LogP contribution in [0.15, 0.2) is 54.1 Å². The van der Waals surface area contributed by atoms with Crippen LogP contribution < -0.4 is 9.27 Å². The Hall–Kier alpha value is -2.81. The third-order valence-electron chi connectivity index (χ3n) is 4.13. The molecule has 2 aromatic carbocycles. The van der Waals surface area contributed by atoms with Gasteiger partial charge in [-0.3, -0.25) is 22.5 Å². The monoisotopic (exact) mass is 407 g/mol. The zero-order valence-corrected chi connectivity index (χ0v) is 15.5. The van der Waals surface area contributed by atoms with Crippen molar-refractivity contribution >= 4 is 46.7 Å². The lowest BCUT2D eigenvalue weighted by Gasteiger charge is -1.93. The van der Waals surface area contributed by atoms with Gasteiger partial charge in [0.25, 0.3) is 5.01 Å². The van der Waals surface area contributed by atoms with Gasteiger partial charge in [-0.2, -0.15) is 4.57 Å². The molecule has 0 bridgehead atoms. The van der Waals surface area contributed by atoms with Crippen molar-refractivity contribution in [2.24, 2.45) is 0 Å². The second kappa shape index (κ2) is 8.92. The fourth-order valence-electron chi connectivity index (χ4n) is 3.01. The standard InChI is InChI=1S/C19H14NO2S.BF3.FH/c1-2-20-15-9-5-6-10-16(15)23-17(20)11-14-18(21)12-7-3-4-8-13(12)19(14)22;2-1(3)4;/h3-11H,2H2,1H3;;1H/q+1;;/p-1. The minimum Gasteiger partial charge on any atom is -1.00 e. The SMILES string of the molecule is CC[n+]1c(C=C2C(=O)c3ccccc3C2=O)sc2ccccc21.FB(F)F.[F-]. The number of hydrogen-bond donors (Lipinski definition) is 0. The van der Waals surface area contributed by atoms with Gasteiger partial charge in [0, 0.05) is 23.3 Å². The molecule has 144 valence electrons. The molecule has 1 aliphatic rings. The zero-order valence-electron chi connectivity index (χ0n) is 14.7. The maximum Gasteiger partial charge on any atom is 0.762 e. The molecular weight excluding hydrogens is 393 g/mol. The van der Waals surface area contributed by atoms with Crippen LogP contribution in [0, 0.1) is 0 Å². The number of halogens is 4. The number of Topliss-reactive ketones (excluding diaryl/α,β-unsaturated/α-hetero) is 2. The first-order valence-electron chi connectivity index (χ1n) is 8.17. The van der Waals surface area contributed by atoms with E-state index in [2.05, 4.69) is 23.6 Å². The molecule has 0 spiro atoms. The highest BCUT2D eigenvalue weighted by Crippen LogP contribution is 2.29. The summed E-state index contributed by atoms with van der Waals surface area (Å²) in [4.78, 5) is 25.1. The summed E-state index contributed by atoms with van der Waals surface area (Å²) in [6.45, 7) is 2.85. The van der Waals surface area contributed by atoms with Gasteiger partial charge in [0.15, 0.2) is 11.6 Å². The molecule has 1 aliphatic carbocycles. The molecule has 9 heteroatoms. The van der Waals surface area contributed by atoms with E-state index in [1.165, 1.54) is 0 Å². The van der Waals surface area contributed by atoms with Crippen molar-refractivity contribution in [3.05, 3.63) is 70.2 Å². The molecule has 3 aromatic rings. The van der Waals surface area contributed by atoms with Crippen LogP contribution in [-0.2, 0) is 6.54 Å². The number of aryl methyl sites for hydroxylation is 1. The van der Waals surface area contributed by atoms with Crippen molar-refractivity contribution < 1.29 is 31.8 Å². The summed E-state index contributed by atoms with van der Waals surface area (Å²) in [7, 11) is -3.67. The number of carbonyl (C=O) groups excluding carboxylic acids is 2. The first-order chi connectivity index (χ1) is 12.9. The van der Waals surface area contributed by atoms with E-state index in [-0.39, 0.29) is 21.8 Å². The molecule has 1 heterocycles. The molecule has 0 aliphatic heterocycles. The predicted octanol–water partition coefficient (Wildman–Crippen LogP) is 1.56. The van der Waals surface area contributed by atoms with Gasteiger partial charge in [-0.15, -0.1) is 0 Å². The molecule has 0 amide bonds. The van der Waals surface area contributed by atoms with Gasteiger partial charge in [-0.05, 0) is 13.0 Å². The van der Waals surface area contributed by atoms with Gasteiger partial charge >= 0.3 is 7.54 Å². The van der Waals surface area contributed by atoms with Crippen LogP contribution in [0.3, 0.4) is 0 Å². The summed E-state index contributed by atoms with van der Waals surface area (Å²) in [6.07, 6.45) is 1.75. The van der Waals surface area contributed by atoms with Crippen molar-refractivity contribution in [2.75, 3.05) is 0 Å². The number of benzene rings is 2. The van der Waals surface area contributed by atoms with Crippen molar-refractivity contribution in [2.45, 2.75) is 13.5 Å².